The van der Waals surface area contributed by atoms with Gasteiger partial charge < -0.3 is 5.11 Å². The number of carbonyl (C=O) groups excluding carboxylic acids is 1. The first-order valence-corrected chi connectivity index (χ1v) is 12.4. The van der Waals surface area contributed by atoms with Crippen LogP contribution < -0.4 is 5.14 Å². The minimum Gasteiger partial charge on any atom is -0.378 e. The second-order valence-electron chi connectivity index (χ2n) is 7.24. The number of sulfonamides is 1. The molecule has 0 heterocycles. The van der Waals surface area contributed by atoms with E-state index in [0.717, 1.165) is 25.0 Å². The third-order valence-electron chi connectivity index (χ3n) is 4.89. The molecule has 3 rings (SSSR count). The van der Waals surface area contributed by atoms with Crippen molar-refractivity contribution in [1.29, 1.82) is 0 Å². The van der Waals surface area contributed by atoms with Gasteiger partial charge in [0.05, 0.1) is 4.90 Å². The number of carbonyl (C=O) groups is 1. The van der Waals surface area contributed by atoms with Crippen LogP contribution >= 0.6 is 0 Å². The summed E-state index contributed by atoms with van der Waals surface area (Å²) in [6.45, 7) is 0. The highest BCUT2D eigenvalue weighted by molar-refractivity contribution is 7.94. The van der Waals surface area contributed by atoms with Crippen LogP contribution in [0.4, 0.5) is 0 Å². The molecule has 158 valence electrons. The summed E-state index contributed by atoms with van der Waals surface area (Å²) in [4.78, 5) is 11.4. The molecular weight excluding hydrogens is 426 g/mol. The number of Topliss-reactive ketones (excluding diaryl/α,β-unsaturated/α-hetero) is 1. The van der Waals surface area contributed by atoms with Crippen molar-refractivity contribution < 1.29 is 26.7 Å². The number of aliphatic hydroxyl groups is 1. The van der Waals surface area contributed by atoms with Crippen LogP contribution in [0, 0.1) is 11.8 Å². The monoisotopic (exact) mass is 447 g/mol. The second-order valence-corrected chi connectivity index (χ2v) is 10.7. The number of hydrogen-bond acceptors (Lipinski definition) is 6. The number of rotatable bonds is 5. The van der Waals surface area contributed by atoms with Crippen molar-refractivity contribution in [3.05, 3.63) is 59.7 Å². The van der Waals surface area contributed by atoms with Gasteiger partial charge in [-0.2, -0.15) is 0 Å². The molecule has 0 aromatic heterocycles. The molecule has 0 bridgehead atoms. The lowest BCUT2D eigenvalue weighted by Gasteiger charge is -2.12. The number of hydrogen-bond donors (Lipinski definition) is 2. The Morgan fingerprint density at radius 1 is 0.967 bits per heavy atom. The Bertz CT molecular complexity index is 1230. The largest absolute Gasteiger partial charge is 0.378 e. The minimum absolute atomic E-state index is 0.150. The van der Waals surface area contributed by atoms with Crippen molar-refractivity contribution in [3.8, 4) is 11.8 Å². The zero-order valence-corrected chi connectivity index (χ0v) is 17.7. The zero-order chi connectivity index (χ0) is 22.0. The summed E-state index contributed by atoms with van der Waals surface area (Å²) < 4.78 is 48.6. The summed E-state index contributed by atoms with van der Waals surface area (Å²) in [5.41, 5.74) is -0.231. The number of ketones is 1. The van der Waals surface area contributed by atoms with E-state index in [1.54, 1.807) is 12.1 Å². The minimum atomic E-state index is -4.27. The molecule has 0 aliphatic heterocycles. The zero-order valence-electron chi connectivity index (χ0n) is 16.0. The first-order valence-electron chi connectivity index (χ1n) is 9.24. The lowest BCUT2D eigenvalue weighted by molar-refractivity contribution is 0.102. The fourth-order valence-corrected chi connectivity index (χ4v) is 5.96. The summed E-state index contributed by atoms with van der Waals surface area (Å²) in [6.07, 6.45) is 3.13. The van der Waals surface area contributed by atoms with Crippen LogP contribution in [0.15, 0.2) is 58.3 Å². The number of nitrogens with two attached hydrogens (primary N) is 1. The molecule has 2 aromatic carbocycles. The van der Waals surface area contributed by atoms with Gasteiger partial charge in [0.1, 0.15) is 16.2 Å². The molecule has 0 unspecified atom stereocenters. The Morgan fingerprint density at radius 2 is 1.53 bits per heavy atom. The topological polar surface area (TPSA) is 132 Å². The Kier molecular flexibility index (Phi) is 6.15. The Balaban J connectivity index is 1.79. The van der Waals surface area contributed by atoms with Gasteiger partial charge in [-0.3, -0.25) is 4.79 Å². The molecule has 1 saturated carbocycles. The van der Waals surface area contributed by atoms with Gasteiger partial charge in [-0.15, -0.1) is 0 Å². The Hall–Kier alpha value is -2.51. The van der Waals surface area contributed by atoms with Crippen molar-refractivity contribution in [2.45, 2.75) is 41.1 Å². The van der Waals surface area contributed by atoms with Crippen LogP contribution in [0.5, 0.6) is 0 Å². The quantitative estimate of drug-likeness (QED) is 0.529. The highest BCUT2D eigenvalue weighted by Gasteiger charge is 2.29. The molecule has 0 radical (unpaired) electrons. The third kappa shape index (κ3) is 5.15. The predicted octanol–water partition coefficient (Wildman–Crippen LogP) is 1.65. The van der Waals surface area contributed by atoms with E-state index in [0.29, 0.717) is 18.4 Å². The van der Waals surface area contributed by atoms with E-state index in [2.05, 4.69) is 11.8 Å². The Morgan fingerprint density at radius 3 is 2.10 bits per heavy atom. The standard InChI is InChI=1S/C21H21NO6S2/c22-30(27,28)20-6-2-1-5-19(20)29(25,26)15-18(23)17-9-7-16(8-10-17)11-14-21(24)12-3-4-13-21/h1-2,5-10,24H,3-4,12-13,15H2,(H2,22,27,28). The van der Waals surface area contributed by atoms with Gasteiger partial charge in [0.2, 0.25) is 10.0 Å². The van der Waals surface area contributed by atoms with Gasteiger partial charge in [0, 0.05) is 11.1 Å². The summed E-state index contributed by atoms with van der Waals surface area (Å²) in [6, 6.07) is 10.9. The first kappa shape index (κ1) is 22.2. The van der Waals surface area contributed by atoms with E-state index in [1.165, 1.54) is 24.3 Å². The average molecular weight is 448 g/mol. The second kappa shape index (κ2) is 8.32. The number of primary sulfonamides is 1. The van der Waals surface area contributed by atoms with E-state index in [9.17, 15) is 26.7 Å². The van der Waals surface area contributed by atoms with Gasteiger partial charge in [-0.1, -0.05) is 36.1 Å². The molecule has 7 nitrogen and oxygen atoms in total. The first-order chi connectivity index (χ1) is 14.0. The maximum absolute atomic E-state index is 12.6. The maximum atomic E-state index is 12.6. The van der Waals surface area contributed by atoms with Gasteiger partial charge in [-0.25, -0.2) is 22.0 Å². The van der Waals surface area contributed by atoms with Crippen molar-refractivity contribution in [2.24, 2.45) is 5.14 Å². The van der Waals surface area contributed by atoms with E-state index >= 15 is 0 Å². The van der Waals surface area contributed by atoms with E-state index in [-0.39, 0.29) is 5.56 Å². The van der Waals surface area contributed by atoms with Crippen LogP contribution in [0.1, 0.15) is 41.6 Å². The van der Waals surface area contributed by atoms with Crippen LogP contribution in [-0.2, 0) is 19.9 Å². The average Bonchev–Trinajstić information content (AvgIpc) is 3.13. The van der Waals surface area contributed by atoms with E-state index < -0.39 is 46.8 Å². The SMILES string of the molecule is NS(=O)(=O)c1ccccc1S(=O)(=O)CC(=O)c1ccc(C#CC2(O)CCCC2)cc1. The fraction of sp³-hybridized carbons (Fsp3) is 0.286. The summed E-state index contributed by atoms with van der Waals surface area (Å²) in [5.74, 6) is 4.15. The van der Waals surface area contributed by atoms with Gasteiger partial charge in [-0.05, 0) is 49.9 Å². The lowest BCUT2D eigenvalue weighted by atomic mass is 10.0. The van der Waals surface area contributed by atoms with Crippen LogP contribution in [-0.4, -0.2) is 39.1 Å². The third-order valence-corrected chi connectivity index (χ3v) is 7.66. The normalized spacial score (nSPS) is 15.9. The van der Waals surface area contributed by atoms with Gasteiger partial charge >= 0.3 is 0 Å². The van der Waals surface area contributed by atoms with Crippen LogP contribution in [0.2, 0.25) is 0 Å². The molecule has 30 heavy (non-hydrogen) atoms. The molecule has 9 heteroatoms. The molecular formula is C21H21NO6S2. The highest BCUT2D eigenvalue weighted by atomic mass is 32.2. The fourth-order valence-electron chi connectivity index (χ4n) is 3.29. The summed E-state index contributed by atoms with van der Waals surface area (Å²) >= 11 is 0. The van der Waals surface area contributed by atoms with E-state index in [4.69, 9.17) is 5.14 Å². The van der Waals surface area contributed by atoms with Crippen molar-refractivity contribution >= 4 is 25.6 Å². The molecule has 0 spiro atoms. The summed E-state index contributed by atoms with van der Waals surface area (Å²) in [7, 11) is -8.50. The van der Waals surface area contributed by atoms with E-state index in [1.807, 2.05) is 0 Å². The van der Waals surface area contributed by atoms with Gasteiger partial charge in [0.15, 0.2) is 15.6 Å². The molecule has 3 N–H and O–H groups in total. The number of sulfone groups is 1. The lowest BCUT2D eigenvalue weighted by Crippen LogP contribution is -2.21. The molecule has 1 aliphatic carbocycles. The van der Waals surface area contributed by atoms with Crippen LogP contribution in [0.25, 0.3) is 0 Å². The summed E-state index contributed by atoms with van der Waals surface area (Å²) in [5, 5.41) is 15.4. The molecule has 0 saturated heterocycles. The predicted molar refractivity (Wildman–Crippen MR) is 111 cm³/mol. The van der Waals surface area contributed by atoms with Crippen molar-refractivity contribution in [2.75, 3.05) is 5.75 Å². The Labute approximate surface area is 175 Å². The molecule has 1 fully saturated rings. The number of benzene rings is 2. The smallest absolute Gasteiger partial charge is 0.239 e. The molecule has 0 amide bonds. The molecule has 0 atom stereocenters. The highest BCUT2D eigenvalue weighted by Crippen LogP contribution is 2.28. The van der Waals surface area contributed by atoms with Crippen LogP contribution in [0.3, 0.4) is 0 Å². The molecule has 1 aliphatic rings. The van der Waals surface area contributed by atoms with Crippen molar-refractivity contribution in [1.82, 2.24) is 0 Å². The van der Waals surface area contributed by atoms with Crippen molar-refractivity contribution in [3.63, 3.8) is 0 Å². The van der Waals surface area contributed by atoms with Gasteiger partial charge in [0.25, 0.3) is 0 Å². The molecule has 2 aromatic rings. The maximum Gasteiger partial charge on any atom is 0.239 e.